The van der Waals surface area contributed by atoms with Gasteiger partial charge in [0.1, 0.15) is 0 Å². The van der Waals surface area contributed by atoms with Crippen LogP contribution in [0.4, 0.5) is 0 Å². The van der Waals surface area contributed by atoms with Crippen LogP contribution in [0.5, 0.6) is 0 Å². The quantitative estimate of drug-likeness (QED) is 0.667. The fourth-order valence-electron chi connectivity index (χ4n) is 2.10. The summed E-state index contributed by atoms with van der Waals surface area (Å²) in [6.07, 6.45) is 4.01. The van der Waals surface area contributed by atoms with Gasteiger partial charge >= 0.3 is 0 Å². The summed E-state index contributed by atoms with van der Waals surface area (Å²) in [5, 5.41) is 12.7. The smallest absolute Gasteiger partial charge is 0.0623 e. The summed E-state index contributed by atoms with van der Waals surface area (Å²) in [6.45, 7) is 6.22. The maximum atomic E-state index is 9.35. The molecule has 1 rings (SSSR count). The third-order valence-corrected chi connectivity index (χ3v) is 3.25. The summed E-state index contributed by atoms with van der Waals surface area (Å²) in [4.78, 5) is 2.38. The van der Waals surface area contributed by atoms with Crippen LogP contribution >= 0.6 is 0 Å². The van der Waals surface area contributed by atoms with Crippen LogP contribution in [-0.2, 0) is 0 Å². The van der Waals surface area contributed by atoms with E-state index in [1.165, 1.54) is 19.3 Å². The van der Waals surface area contributed by atoms with Crippen LogP contribution in [0.1, 0.15) is 33.1 Å². The monoisotopic (exact) mass is 200 g/mol. The zero-order chi connectivity index (χ0) is 10.6. The summed E-state index contributed by atoms with van der Waals surface area (Å²) < 4.78 is 0. The summed E-state index contributed by atoms with van der Waals surface area (Å²) >= 11 is 0. The molecule has 0 spiro atoms. The Bertz CT molecular complexity index is 171. The zero-order valence-electron chi connectivity index (χ0n) is 9.71. The fraction of sp³-hybridized carbons (Fsp3) is 1.00. The van der Waals surface area contributed by atoms with Gasteiger partial charge in [0.2, 0.25) is 0 Å². The van der Waals surface area contributed by atoms with E-state index >= 15 is 0 Å². The van der Waals surface area contributed by atoms with Gasteiger partial charge in [-0.05, 0) is 33.4 Å². The molecule has 0 aromatic heterocycles. The van der Waals surface area contributed by atoms with E-state index in [0.29, 0.717) is 0 Å². The van der Waals surface area contributed by atoms with E-state index in [4.69, 9.17) is 0 Å². The van der Waals surface area contributed by atoms with Crippen LogP contribution in [0.2, 0.25) is 0 Å². The van der Waals surface area contributed by atoms with Crippen LogP contribution in [0, 0.1) is 0 Å². The van der Waals surface area contributed by atoms with Crippen molar-refractivity contribution in [2.24, 2.45) is 0 Å². The number of rotatable bonds is 6. The molecular weight excluding hydrogens is 176 g/mol. The summed E-state index contributed by atoms with van der Waals surface area (Å²) in [7, 11) is 2.16. The summed E-state index contributed by atoms with van der Waals surface area (Å²) in [5.74, 6) is 0. The topological polar surface area (TPSA) is 35.5 Å². The Morgan fingerprint density at radius 3 is 2.50 bits per heavy atom. The molecule has 2 N–H and O–H groups in total. The first-order chi connectivity index (χ1) is 6.61. The molecular formula is C11H24N2O. The maximum absolute atomic E-state index is 9.35. The minimum Gasteiger partial charge on any atom is -0.394 e. The number of nitrogens with zero attached hydrogens (tertiary/aromatic N) is 1. The first-order valence-electron chi connectivity index (χ1n) is 5.67. The molecule has 14 heavy (non-hydrogen) atoms. The lowest BCUT2D eigenvalue weighted by Crippen LogP contribution is -2.55. The number of hydrogen-bond donors (Lipinski definition) is 2. The standard InChI is InChI=1S/C11H24N2O/c1-4-12-11(2,9-14)8-13(3)10-6-5-7-10/h10,12,14H,4-9H2,1-3H3. The zero-order valence-corrected chi connectivity index (χ0v) is 9.71. The Morgan fingerprint density at radius 2 is 2.14 bits per heavy atom. The van der Waals surface area contributed by atoms with E-state index in [1.807, 2.05) is 0 Å². The third-order valence-electron chi connectivity index (χ3n) is 3.25. The summed E-state index contributed by atoms with van der Waals surface area (Å²) in [6, 6.07) is 0.750. The van der Waals surface area contributed by atoms with Gasteiger partial charge in [-0.3, -0.25) is 0 Å². The van der Waals surface area contributed by atoms with E-state index in [0.717, 1.165) is 19.1 Å². The Hall–Kier alpha value is -0.120. The van der Waals surface area contributed by atoms with Crippen molar-refractivity contribution in [3.05, 3.63) is 0 Å². The lowest BCUT2D eigenvalue weighted by atomic mass is 9.90. The normalized spacial score (nSPS) is 22.1. The van der Waals surface area contributed by atoms with Crippen molar-refractivity contribution in [3.8, 4) is 0 Å². The van der Waals surface area contributed by atoms with E-state index < -0.39 is 0 Å². The number of aliphatic hydroxyl groups excluding tert-OH is 1. The lowest BCUT2D eigenvalue weighted by molar-refractivity contribution is 0.0855. The van der Waals surface area contributed by atoms with Crippen molar-refractivity contribution in [2.75, 3.05) is 26.7 Å². The van der Waals surface area contributed by atoms with Crippen LogP contribution in [0.15, 0.2) is 0 Å². The molecule has 1 fully saturated rings. The van der Waals surface area contributed by atoms with Gasteiger partial charge in [0.15, 0.2) is 0 Å². The van der Waals surface area contributed by atoms with Gasteiger partial charge in [0.25, 0.3) is 0 Å². The van der Waals surface area contributed by atoms with Crippen molar-refractivity contribution < 1.29 is 5.11 Å². The van der Waals surface area contributed by atoms with Crippen molar-refractivity contribution in [1.82, 2.24) is 10.2 Å². The number of nitrogens with one attached hydrogen (secondary N) is 1. The highest BCUT2D eigenvalue weighted by Gasteiger charge is 2.29. The highest BCUT2D eigenvalue weighted by molar-refractivity contribution is 4.88. The molecule has 0 aliphatic heterocycles. The predicted molar refractivity (Wildman–Crippen MR) is 59.4 cm³/mol. The molecule has 0 aromatic carbocycles. The number of aliphatic hydroxyl groups is 1. The molecule has 0 radical (unpaired) electrons. The fourth-order valence-corrected chi connectivity index (χ4v) is 2.10. The Morgan fingerprint density at radius 1 is 1.50 bits per heavy atom. The molecule has 1 saturated carbocycles. The van der Waals surface area contributed by atoms with Gasteiger partial charge in [0, 0.05) is 12.6 Å². The summed E-state index contributed by atoms with van der Waals surface area (Å²) in [5.41, 5.74) is -0.140. The second-order valence-electron chi connectivity index (χ2n) is 4.75. The second-order valence-corrected chi connectivity index (χ2v) is 4.75. The van der Waals surface area contributed by atoms with Crippen LogP contribution in [0.25, 0.3) is 0 Å². The molecule has 3 heteroatoms. The average Bonchev–Trinajstić information content (AvgIpc) is 2.01. The molecule has 0 aromatic rings. The van der Waals surface area contributed by atoms with Gasteiger partial charge in [-0.1, -0.05) is 13.3 Å². The average molecular weight is 200 g/mol. The molecule has 1 aliphatic rings. The highest BCUT2D eigenvalue weighted by atomic mass is 16.3. The first-order valence-corrected chi connectivity index (χ1v) is 5.67. The van der Waals surface area contributed by atoms with Crippen LogP contribution in [-0.4, -0.2) is 48.3 Å². The van der Waals surface area contributed by atoms with E-state index in [9.17, 15) is 5.11 Å². The molecule has 84 valence electrons. The van der Waals surface area contributed by atoms with E-state index in [2.05, 4.69) is 31.1 Å². The molecule has 1 unspecified atom stereocenters. The van der Waals surface area contributed by atoms with Crippen LogP contribution in [0.3, 0.4) is 0 Å². The van der Waals surface area contributed by atoms with Crippen molar-refractivity contribution in [1.29, 1.82) is 0 Å². The SMILES string of the molecule is CCNC(C)(CO)CN(C)C1CCC1. The number of likely N-dealkylation sites (N-methyl/N-ethyl adjacent to an activating group) is 2. The van der Waals surface area contributed by atoms with Gasteiger partial charge in [0.05, 0.1) is 12.1 Å². The van der Waals surface area contributed by atoms with Gasteiger partial charge < -0.3 is 15.3 Å². The molecule has 0 amide bonds. The van der Waals surface area contributed by atoms with Crippen LogP contribution < -0.4 is 5.32 Å². The van der Waals surface area contributed by atoms with Crippen molar-refractivity contribution in [3.63, 3.8) is 0 Å². The predicted octanol–water partition coefficient (Wildman–Crippen LogP) is 0.831. The van der Waals surface area contributed by atoms with Crippen molar-refractivity contribution in [2.45, 2.75) is 44.7 Å². The lowest BCUT2D eigenvalue weighted by Gasteiger charge is -2.40. The first kappa shape index (κ1) is 12.0. The van der Waals surface area contributed by atoms with E-state index in [1.54, 1.807) is 0 Å². The van der Waals surface area contributed by atoms with Crippen molar-refractivity contribution >= 4 is 0 Å². The Labute approximate surface area is 87.5 Å². The molecule has 1 atom stereocenters. The Balaban J connectivity index is 2.37. The minimum atomic E-state index is -0.140. The number of hydrogen-bond acceptors (Lipinski definition) is 3. The molecule has 0 bridgehead atoms. The highest BCUT2D eigenvalue weighted by Crippen LogP contribution is 2.24. The molecule has 0 saturated heterocycles. The van der Waals surface area contributed by atoms with Gasteiger partial charge in [-0.25, -0.2) is 0 Å². The Kier molecular flexibility index (Phi) is 4.35. The van der Waals surface area contributed by atoms with Gasteiger partial charge in [-0.15, -0.1) is 0 Å². The largest absolute Gasteiger partial charge is 0.394 e. The molecule has 0 heterocycles. The van der Waals surface area contributed by atoms with E-state index in [-0.39, 0.29) is 12.1 Å². The molecule has 3 nitrogen and oxygen atoms in total. The maximum Gasteiger partial charge on any atom is 0.0623 e. The van der Waals surface area contributed by atoms with Gasteiger partial charge in [-0.2, -0.15) is 0 Å². The second kappa shape index (κ2) is 5.10. The molecule has 1 aliphatic carbocycles. The minimum absolute atomic E-state index is 0.140. The third kappa shape index (κ3) is 2.94.